The van der Waals surface area contributed by atoms with E-state index in [2.05, 4.69) is 15.0 Å². The number of pyridine rings is 1. The van der Waals surface area contributed by atoms with E-state index >= 15 is 0 Å². The summed E-state index contributed by atoms with van der Waals surface area (Å²) >= 11 is 1.30. The Kier molecular flexibility index (Phi) is 3.96. The number of aromatic amines is 1. The minimum atomic E-state index is -1.06. The molecule has 0 atom stereocenters. The quantitative estimate of drug-likeness (QED) is 0.649. The molecule has 0 aliphatic heterocycles. The number of thioether (sulfide) groups is 1. The van der Waals surface area contributed by atoms with Gasteiger partial charge in [-0.1, -0.05) is 17.8 Å². The molecule has 0 saturated heterocycles. The van der Waals surface area contributed by atoms with Crippen LogP contribution in [0.15, 0.2) is 34.2 Å². The molecule has 0 unspecified atom stereocenters. The summed E-state index contributed by atoms with van der Waals surface area (Å²) in [5, 5.41) is 9.33. The lowest BCUT2D eigenvalue weighted by molar-refractivity contribution is 0.0690. The van der Waals surface area contributed by atoms with Crippen molar-refractivity contribution < 1.29 is 9.90 Å². The Morgan fingerprint density at radius 2 is 2.21 bits per heavy atom. The number of aromatic nitrogens is 3. The first-order chi connectivity index (χ1) is 9.04. The average molecular weight is 277 g/mol. The molecule has 98 valence electrons. The van der Waals surface area contributed by atoms with Gasteiger partial charge in [0.05, 0.1) is 5.69 Å². The van der Waals surface area contributed by atoms with Crippen molar-refractivity contribution in [3.05, 3.63) is 51.7 Å². The SMILES string of the molecule is Cc1cc(=O)[nH]c(SCc2cccc(C(=O)O)n2)n1. The zero-order valence-electron chi connectivity index (χ0n) is 10.1. The summed E-state index contributed by atoms with van der Waals surface area (Å²) in [6.45, 7) is 1.74. The second kappa shape index (κ2) is 5.66. The van der Waals surface area contributed by atoms with Crippen LogP contribution < -0.4 is 5.56 Å². The Bertz CT molecular complexity index is 669. The molecule has 2 rings (SSSR count). The van der Waals surface area contributed by atoms with E-state index < -0.39 is 5.97 Å². The summed E-state index contributed by atoms with van der Waals surface area (Å²) in [4.78, 5) is 32.8. The van der Waals surface area contributed by atoms with E-state index in [-0.39, 0.29) is 11.3 Å². The highest BCUT2D eigenvalue weighted by Crippen LogP contribution is 2.17. The normalized spacial score (nSPS) is 10.4. The van der Waals surface area contributed by atoms with E-state index in [0.29, 0.717) is 22.3 Å². The molecule has 7 heteroatoms. The van der Waals surface area contributed by atoms with Crippen LogP contribution in [0.3, 0.4) is 0 Å². The van der Waals surface area contributed by atoms with Crippen molar-refractivity contribution in [3.63, 3.8) is 0 Å². The number of nitrogens with one attached hydrogen (secondary N) is 1. The van der Waals surface area contributed by atoms with Gasteiger partial charge in [-0.2, -0.15) is 0 Å². The molecule has 0 saturated carbocycles. The highest BCUT2D eigenvalue weighted by atomic mass is 32.2. The maximum absolute atomic E-state index is 11.3. The zero-order valence-corrected chi connectivity index (χ0v) is 10.9. The summed E-state index contributed by atoms with van der Waals surface area (Å²) in [6.07, 6.45) is 0. The Balaban J connectivity index is 2.12. The first-order valence-electron chi connectivity index (χ1n) is 5.44. The minimum absolute atomic E-state index is 0.00351. The number of hydrogen-bond acceptors (Lipinski definition) is 5. The highest BCUT2D eigenvalue weighted by molar-refractivity contribution is 7.98. The van der Waals surface area contributed by atoms with Crippen LogP contribution in [0, 0.1) is 6.92 Å². The summed E-state index contributed by atoms with van der Waals surface area (Å²) in [5.41, 5.74) is 1.05. The molecule has 2 heterocycles. The third-order valence-corrected chi connectivity index (χ3v) is 3.14. The average Bonchev–Trinajstić information content (AvgIpc) is 2.35. The summed E-state index contributed by atoms with van der Waals surface area (Å²) in [7, 11) is 0. The van der Waals surface area contributed by atoms with Crippen LogP contribution in [0.2, 0.25) is 0 Å². The topological polar surface area (TPSA) is 95.9 Å². The second-order valence-corrected chi connectivity index (χ2v) is 4.76. The molecule has 0 aromatic carbocycles. The number of aromatic carboxylic acids is 1. The predicted octanol–water partition coefficient (Wildman–Crippen LogP) is 1.46. The number of carbonyl (C=O) groups is 1. The molecule has 0 amide bonds. The van der Waals surface area contributed by atoms with Gasteiger partial charge in [0.2, 0.25) is 0 Å². The van der Waals surface area contributed by atoms with Crippen molar-refractivity contribution in [1.29, 1.82) is 0 Å². The van der Waals surface area contributed by atoms with E-state index in [1.54, 1.807) is 19.1 Å². The van der Waals surface area contributed by atoms with Crippen molar-refractivity contribution in [1.82, 2.24) is 15.0 Å². The third-order valence-electron chi connectivity index (χ3n) is 2.23. The van der Waals surface area contributed by atoms with Gasteiger partial charge in [-0.05, 0) is 19.1 Å². The Labute approximate surface area is 112 Å². The van der Waals surface area contributed by atoms with Crippen LogP contribution in [0.4, 0.5) is 0 Å². The van der Waals surface area contributed by atoms with Gasteiger partial charge in [0.15, 0.2) is 5.16 Å². The van der Waals surface area contributed by atoms with Gasteiger partial charge in [0, 0.05) is 17.5 Å². The Morgan fingerprint density at radius 3 is 2.89 bits per heavy atom. The lowest BCUT2D eigenvalue weighted by atomic mass is 10.3. The molecule has 2 N–H and O–H groups in total. The first-order valence-corrected chi connectivity index (χ1v) is 6.43. The van der Waals surface area contributed by atoms with Gasteiger partial charge in [0.25, 0.3) is 5.56 Å². The van der Waals surface area contributed by atoms with E-state index in [4.69, 9.17) is 5.11 Å². The number of carboxylic acids is 1. The van der Waals surface area contributed by atoms with Gasteiger partial charge < -0.3 is 10.1 Å². The fourth-order valence-corrected chi connectivity index (χ4v) is 2.27. The molecule has 2 aromatic heterocycles. The molecule has 0 radical (unpaired) electrons. The largest absolute Gasteiger partial charge is 0.477 e. The van der Waals surface area contributed by atoms with Crippen molar-refractivity contribution in [2.24, 2.45) is 0 Å². The standard InChI is InChI=1S/C12H11N3O3S/c1-7-5-10(16)15-12(13-7)19-6-8-3-2-4-9(14-8)11(17)18/h2-5H,6H2,1H3,(H,17,18)(H,13,15,16). The zero-order chi connectivity index (χ0) is 13.8. The number of H-pyrrole nitrogens is 1. The number of rotatable bonds is 4. The molecule has 19 heavy (non-hydrogen) atoms. The number of hydrogen-bond donors (Lipinski definition) is 2. The predicted molar refractivity (Wildman–Crippen MR) is 70.4 cm³/mol. The van der Waals surface area contributed by atoms with Crippen molar-refractivity contribution in [2.45, 2.75) is 17.8 Å². The fourth-order valence-electron chi connectivity index (χ4n) is 1.44. The minimum Gasteiger partial charge on any atom is -0.477 e. The maximum Gasteiger partial charge on any atom is 0.354 e. The monoisotopic (exact) mass is 277 g/mol. The van der Waals surface area contributed by atoms with Gasteiger partial charge in [0.1, 0.15) is 5.69 Å². The highest BCUT2D eigenvalue weighted by Gasteiger charge is 2.06. The fraction of sp³-hybridized carbons (Fsp3) is 0.167. The lowest BCUT2D eigenvalue weighted by Crippen LogP contribution is -2.08. The van der Waals surface area contributed by atoms with Crippen molar-refractivity contribution >= 4 is 17.7 Å². The van der Waals surface area contributed by atoms with Gasteiger partial charge in [-0.25, -0.2) is 14.8 Å². The van der Waals surface area contributed by atoms with E-state index in [9.17, 15) is 9.59 Å². The van der Waals surface area contributed by atoms with Crippen LogP contribution in [0.25, 0.3) is 0 Å². The van der Waals surface area contributed by atoms with E-state index in [0.717, 1.165) is 0 Å². The van der Waals surface area contributed by atoms with Crippen LogP contribution >= 0.6 is 11.8 Å². The van der Waals surface area contributed by atoms with Gasteiger partial charge in [-0.3, -0.25) is 4.79 Å². The first kappa shape index (κ1) is 13.3. The lowest BCUT2D eigenvalue weighted by Gasteiger charge is -2.02. The molecule has 6 nitrogen and oxygen atoms in total. The van der Waals surface area contributed by atoms with Crippen molar-refractivity contribution in [2.75, 3.05) is 0 Å². The smallest absolute Gasteiger partial charge is 0.354 e. The van der Waals surface area contributed by atoms with Gasteiger partial charge in [-0.15, -0.1) is 0 Å². The molecule has 2 aromatic rings. The molecular weight excluding hydrogens is 266 g/mol. The Morgan fingerprint density at radius 1 is 1.42 bits per heavy atom. The van der Waals surface area contributed by atoms with E-state index in [1.165, 1.54) is 23.9 Å². The number of aryl methyl sites for hydroxylation is 1. The molecule has 0 spiro atoms. The van der Waals surface area contributed by atoms with E-state index in [1.807, 2.05) is 0 Å². The molecule has 0 aliphatic rings. The molecule has 0 fully saturated rings. The molecule has 0 aliphatic carbocycles. The van der Waals surface area contributed by atoms with Gasteiger partial charge >= 0.3 is 5.97 Å². The Hall–Kier alpha value is -2.15. The third kappa shape index (κ3) is 3.65. The van der Waals surface area contributed by atoms with Crippen molar-refractivity contribution in [3.8, 4) is 0 Å². The van der Waals surface area contributed by atoms with Crippen LogP contribution in [0.1, 0.15) is 21.9 Å². The summed E-state index contributed by atoms with van der Waals surface area (Å²) < 4.78 is 0. The second-order valence-electron chi connectivity index (χ2n) is 3.80. The molecular formula is C12H11N3O3S. The number of nitrogens with zero attached hydrogens (tertiary/aromatic N) is 2. The maximum atomic E-state index is 11.3. The van der Waals surface area contributed by atoms with Crippen LogP contribution in [-0.4, -0.2) is 26.0 Å². The van der Waals surface area contributed by atoms with Crippen LogP contribution in [0.5, 0.6) is 0 Å². The summed E-state index contributed by atoms with van der Waals surface area (Å²) in [5.74, 6) is -0.623. The number of carboxylic acid groups (broad SMARTS) is 1. The van der Waals surface area contributed by atoms with Crippen LogP contribution in [-0.2, 0) is 5.75 Å². The molecule has 0 bridgehead atoms. The summed E-state index contributed by atoms with van der Waals surface area (Å²) in [6, 6.07) is 6.21.